The van der Waals surface area contributed by atoms with E-state index in [0.29, 0.717) is 42.2 Å². The molecule has 0 fully saturated rings. The van der Waals surface area contributed by atoms with Crippen LogP contribution in [0.5, 0.6) is 0 Å². The van der Waals surface area contributed by atoms with E-state index in [1.165, 1.54) is 24.5 Å². The van der Waals surface area contributed by atoms with Gasteiger partial charge in [-0.25, -0.2) is 23.5 Å². The molecule has 31 heavy (non-hydrogen) atoms. The summed E-state index contributed by atoms with van der Waals surface area (Å²) in [7, 11) is 0. The molecule has 10 heteroatoms. The maximum Gasteiger partial charge on any atom is 0.324 e. The molecule has 0 aliphatic heterocycles. The summed E-state index contributed by atoms with van der Waals surface area (Å²) in [5.41, 5.74) is 7.34. The molecule has 5 N–H and O–H groups in total. The number of anilines is 3. The topological polar surface area (TPSA) is 105 Å². The smallest absolute Gasteiger partial charge is 0.324 e. The van der Waals surface area contributed by atoms with Crippen molar-refractivity contribution in [3.8, 4) is 0 Å². The molecule has 0 saturated carbocycles. The molecule has 0 aliphatic rings. The number of rotatable bonds is 8. The zero-order valence-electron chi connectivity index (χ0n) is 16.5. The van der Waals surface area contributed by atoms with Gasteiger partial charge < -0.3 is 16.4 Å². The van der Waals surface area contributed by atoms with E-state index >= 15 is 0 Å². The molecule has 1 heterocycles. The predicted octanol–water partition coefficient (Wildman–Crippen LogP) is 4.01. The van der Waals surface area contributed by atoms with Crippen molar-refractivity contribution in [1.82, 2.24) is 15.3 Å². The van der Waals surface area contributed by atoms with Gasteiger partial charge >= 0.3 is 6.03 Å². The first kappa shape index (κ1) is 22.4. The molecule has 0 radical (unpaired) electrons. The highest BCUT2D eigenvalue weighted by atomic mass is 35.5. The quantitative estimate of drug-likeness (QED) is 0.391. The molecule has 7 nitrogen and oxygen atoms in total. The third-order valence-electron chi connectivity index (χ3n) is 4.38. The van der Waals surface area contributed by atoms with Crippen molar-refractivity contribution >= 4 is 35.0 Å². The highest BCUT2D eigenvalue weighted by Gasteiger charge is 2.07. The molecule has 0 spiro atoms. The molecule has 2 aromatic carbocycles. The summed E-state index contributed by atoms with van der Waals surface area (Å²) >= 11 is 6.31. The maximum absolute atomic E-state index is 13.6. The standard InChI is InChI=1S/C21H21ClF2N6O/c22-17-10-16(29-21(31)30-20-12-27-19(25)11-28-20)4-2-13(17)5-7-26-8-6-14-1-3-15(23)9-18(14)24/h1-4,9-12,26H,5-8H2,(H2,25,27)(H2,28,29,30,31). The van der Waals surface area contributed by atoms with Crippen molar-refractivity contribution in [2.45, 2.75) is 12.8 Å². The Morgan fingerprint density at radius 1 is 0.968 bits per heavy atom. The van der Waals surface area contributed by atoms with E-state index in [9.17, 15) is 13.6 Å². The van der Waals surface area contributed by atoms with Crippen LogP contribution in [0.1, 0.15) is 11.1 Å². The predicted molar refractivity (Wildman–Crippen MR) is 117 cm³/mol. The van der Waals surface area contributed by atoms with E-state index < -0.39 is 17.7 Å². The Morgan fingerprint density at radius 3 is 2.39 bits per heavy atom. The summed E-state index contributed by atoms with van der Waals surface area (Å²) in [6, 6.07) is 8.30. The van der Waals surface area contributed by atoms with Gasteiger partial charge in [0.25, 0.3) is 0 Å². The number of carbonyl (C=O) groups is 1. The number of nitrogens with zero attached hydrogens (tertiary/aromatic N) is 2. The number of carbonyl (C=O) groups excluding carboxylic acids is 1. The zero-order chi connectivity index (χ0) is 22.2. The van der Waals surface area contributed by atoms with Crippen molar-refractivity contribution < 1.29 is 13.6 Å². The second kappa shape index (κ2) is 10.6. The third kappa shape index (κ3) is 6.87. The Morgan fingerprint density at radius 2 is 1.71 bits per heavy atom. The van der Waals surface area contributed by atoms with Gasteiger partial charge in [-0.05, 0) is 55.3 Å². The number of urea groups is 1. The Balaban J connectivity index is 1.43. The Bertz CT molecular complexity index is 1050. The number of nitrogens with one attached hydrogen (secondary N) is 3. The largest absolute Gasteiger partial charge is 0.382 e. The van der Waals surface area contributed by atoms with E-state index in [2.05, 4.69) is 25.9 Å². The van der Waals surface area contributed by atoms with Crippen LogP contribution in [0.4, 0.5) is 30.9 Å². The number of nitrogens with two attached hydrogens (primary N) is 1. The van der Waals surface area contributed by atoms with E-state index in [0.717, 1.165) is 11.6 Å². The van der Waals surface area contributed by atoms with Gasteiger partial charge in [-0.15, -0.1) is 0 Å². The van der Waals surface area contributed by atoms with Gasteiger partial charge in [0.2, 0.25) is 0 Å². The molecular weight excluding hydrogens is 426 g/mol. The van der Waals surface area contributed by atoms with Gasteiger partial charge in [0, 0.05) is 16.8 Å². The SMILES string of the molecule is Nc1cnc(NC(=O)Nc2ccc(CCNCCc3ccc(F)cc3F)c(Cl)c2)cn1. The van der Waals surface area contributed by atoms with Crippen molar-refractivity contribution in [1.29, 1.82) is 0 Å². The van der Waals surface area contributed by atoms with Crippen LogP contribution in [0.2, 0.25) is 5.02 Å². The summed E-state index contributed by atoms with van der Waals surface area (Å²) in [5, 5.41) is 8.93. The first-order valence-corrected chi connectivity index (χ1v) is 9.87. The van der Waals surface area contributed by atoms with Gasteiger partial charge in [-0.3, -0.25) is 5.32 Å². The Hall–Kier alpha value is -3.30. The number of amides is 2. The maximum atomic E-state index is 13.6. The number of hydrogen-bond acceptors (Lipinski definition) is 5. The van der Waals surface area contributed by atoms with E-state index in [1.807, 2.05) is 6.07 Å². The molecule has 0 atom stereocenters. The fourth-order valence-corrected chi connectivity index (χ4v) is 3.08. The molecule has 3 rings (SSSR count). The number of aromatic nitrogens is 2. The van der Waals surface area contributed by atoms with Gasteiger partial charge in [-0.2, -0.15) is 0 Å². The highest BCUT2D eigenvalue weighted by molar-refractivity contribution is 6.31. The first-order valence-electron chi connectivity index (χ1n) is 9.49. The van der Waals surface area contributed by atoms with Crippen LogP contribution in [0, 0.1) is 11.6 Å². The summed E-state index contributed by atoms with van der Waals surface area (Å²) < 4.78 is 26.5. The van der Waals surface area contributed by atoms with Crippen LogP contribution in [0.15, 0.2) is 48.8 Å². The number of hydrogen-bond donors (Lipinski definition) is 4. The zero-order valence-corrected chi connectivity index (χ0v) is 17.2. The van der Waals surface area contributed by atoms with Crippen LogP contribution in [-0.4, -0.2) is 29.1 Å². The van der Waals surface area contributed by atoms with Crippen molar-refractivity contribution in [2.75, 3.05) is 29.5 Å². The second-order valence-corrected chi connectivity index (χ2v) is 7.10. The summed E-state index contributed by atoms with van der Waals surface area (Å²) in [5.74, 6) is -0.606. The molecule has 2 amide bonds. The molecule has 162 valence electrons. The molecule has 0 saturated heterocycles. The Labute approximate surface area is 183 Å². The lowest BCUT2D eigenvalue weighted by Crippen LogP contribution is -2.21. The number of benzene rings is 2. The third-order valence-corrected chi connectivity index (χ3v) is 4.73. The lowest BCUT2D eigenvalue weighted by Gasteiger charge is -2.10. The normalized spacial score (nSPS) is 10.7. The fraction of sp³-hybridized carbons (Fsp3) is 0.190. The van der Waals surface area contributed by atoms with Gasteiger partial charge in [0.15, 0.2) is 5.82 Å². The summed E-state index contributed by atoms with van der Waals surface area (Å²) in [4.78, 5) is 19.8. The monoisotopic (exact) mass is 446 g/mol. The summed E-state index contributed by atoms with van der Waals surface area (Å²) in [6.45, 7) is 1.18. The minimum atomic E-state index is -0.585. The molecular formula is C21H21ClF2N6O. The van der Waals surface area contributed by atoms with E-state index in [-0.39, 0.29) is 11.6 Å². The first-order chi connectivity index (χ1) is 14.9. The van der Waals surface area contributed by atoms with Crippen molar-refractivity contribution in [2.24, 2.45) is 0 Å². The fourth-order valence-electron chi connectivity index (χ4n) is 2.80. The van der Waals surface area contributed by atoms with Gasteiger partial charge in [-0.1, -0.05) is 23.7 Å². The minimum absolute atomic E-state index is 0.255. The van der Waals surface area contributed by atoms with Crippen LogP contribution < -0.4 is 21.7 Å². The van der Waals surface area contributed by atoms with Gasteiger partial charge in [0.1, 0.15) is 17.5 Å². The molecule has 0 unspecified atom stereocenters. The van der Waals surface area contributed by atoms with Crippen LogP contribution >= 0.6 is 11.6 Å². The number of nitrogen functional groups attached to an aromatic ring is 1. The van der Waals surface area contributed by atoms with Crippen LogP contribution in [0.25, 0.3) is 0 Å². The van der Waals surface area contributed by atoms with Crippen LogP contribution in [0.3, 0.4) is 0 Å². The lowest BCUT2D eigenvalue weighted by molar-refractivity contribution is 0.262. The average molecular weight is 447 g/mol. The van der Waals surface area contributed by atoms with Crippen molar-refractivity contribution in [3.05, 3.63) is 76.6 Å². The van der Waals surface area contributed by atoms with E-state index in [4.69, 9.17) is 17.3 Å². The van der Waals surface area contributed by atoms with E-state index in [1.54, 1.807) is 12.1 Å². The second-order valence-electron chi connectivity index (χ2n) is 6.70. The molecule has 0 aliphatic carbocycles. The lowest BCUT2D eigenvalue weighted by atomic mass is 10.1. The van der Waals surface area contributed by atoms with Crippen molar-refractivity contribution in [3.63, 3.8) is 0 Å². The highest BCUT2D eigenvalue weighted by Crippen LogP contribution is 2.21. The Kier molecular flexibility index (Phi) is 7.69. The molecule has 3 aromatic rings. The average Bonchev–Trinajstić information content (AvgIpc) is 2.72. The van der Waals surface area contributed by atoms with Crippen LogP contribution in [-0.2, 0) is 12.8 Å². The number of halogens is 3. The van der Waals surface area contributed by atoms with Gasteiger partial charge in [0.05, 0.1) is 12.4 Å². The summed E-state index contributed by atoms with van der Waals surface area (Å²) in [6.07, 6.45) is 3.79. The molecule has 1 aromatic heterocycles. The molecule has 0 bridgehead atoms. The minimum Gasteiger partial charge on any atom is -0.382 e.